The van der Waals surface area contributed by atoms with Gasteiger partial charge in [-0.1, -0.05) is 17.7 Å². The number of pyridine rings is 1. The topological polar surface area (TPSA) is 96.7 Å². The van der Waals surface area contributed by atoms with Crippen LogP contribution in [-0.4, -0.2) is 14.8 Å². The van der Waals surface area contributed by atoms with Gasteiger partial charge >= 0.3 is 0 Å². The van der Waals surface area contributed by atoms with Crippen LogP contribution in [0.5, 0.6) is 0 Å². The zero-order valence-corrected chi connectivity index (χ0v) is 19.2. The van der Waals surface area contributed by atoms with Crippen LogP contribution in [0.2, 0.25) is 5.15 Å². The third-order valence-corrected chi connectivity index (χ3v) is 5.64. The minimum atomic E-state index is -0.278. The Morgan fingerprint density at radius 2 is 1.97 bits per heavy atom. The number of aryl methyl sites for hydroxylation is 3. The van der Waals surface area contributed by atoms with Crippen LogP contribution in [0.3, 0.4) is 0 Å². The van der Waals surface area contributed by atoms with E-state index in [1.165, 1.54) is 0 Å². The van der Waals surface area contributed by atoms with Gasteiger partial charge in [0, 0.05) is 18.2 Å². The van der Waals surface area contributed by atoms with E-state index in [0.717, 1.165) is 22.5 Å². The van der Waals surface area contributed by atoms with E-state index in [1.807, 2.05) is 46.0 Å². The number of fused-ring (bicyclic) bond motifs is 1. The van der Waals surface area contributed by atoms with E-state index in [0.29, 0.717) is 28.0 Å². The number of aromatic nitrogens is 3. The van der Waals surface area contributed by atoms with Crippen LogP contribution in [0, 0.1) is 32.1 Å². The van der Waals surface area contributed by atoms with Crippen molar-refractivity contribution < 1.29 is 4.42 Å². The van der Waals surface area contributed by atoms with Gasteiger partial charge in [-0.25, -0.2) is 4.98 Å². The summed E-state index contributed by atoms with van der Waals surface area (Å²) in [5.41, 5.74) is 5.02. The second-order valence-corrected chi connectivity index (χ2v) is 8.31. The number of nitrogens with zero attached hydrogens (tertiary/aromatic N) is 4. The van der Waals surface area contributed by atoms with Gasteiger partial charge in [0.15, 0.2) is 16.9 Å². The maximum absolute atomic E-state index is 13.3. The highest BCUT2D eigenvalue weighted by Gasteiger charge is 2.21. The molecule has 0 radical (unpaired) electrons. The zero-order chi connectivity index (χ0) is 23.2. The van der Waals surface area contributed by atoms with Gasteiger partial charge < -0.3 is 9.73 Å². The number of hydrogen-bond acceptors (Lipinski definition) is 6. The highest BCUT2D eigenvalue weighted by Crippen LogP contribution is 2.32. The summed E-state index contributed by atoms with van der Waals surface area (Å²) in [6.45, 7) is 7.54. The maximum Gasteiger partial charge on any atom is 0.196 e. The first kappa shape index (κ1) is 21.6. The normalized spacial score (nSPS) is 12.0. The van der Waals surface area contributed by atoms with Gasteiger partial charge in [-0.05, 0) is 57.5 Å². The van der Waals surface area contributed by atoms with Crippen molar-refractivity contribution in [2.45, 2.75) is 33.7 Å². The molecule has 0 aliphatic heterocycles. The first-order chi connectivity index (χ1) is 15.2. The number of anilines is 1. The Labute approximate surface area is 190 Å². The van der Waals surface area contributed by atoms with Crippen molar-refractivity contribution in [3.05, 3.63) is 73.8 Å². The van der Waals surface area contributed by atoms with Gasteiger partial charge in [-0.3, -0.25) is 9.48 Å². The van der Waals surface area contributed by atoms with Crippen LogP contribution in [0.1, 0.15) is 41.0 Å². The lowest BCUT2D eigenvalue weighted by molar-refractivity contribution is 0.594. The lowest BCUT2D eigenvalue weighted by Crippen LogP contribution is -2.13. The molecule has 0 bridgehead atoms. The maximum atomic E-state index is 13.3. The molecule has 0 saturated carbocycles. The summed E-state index contributed by atoms with van der Waals surface area (Å²) in [7, 11) is 1.82. The van der Waals surface area contributed by atoms with Gasteiger partial charge in [-0.15, -0.1) is 0 Å². The largest absolute Gasteiger partial charge is 0.454 e. The van der Waals surface area contributed by atoms with Gasteiger partial charge in [0.05, 0.1) is 22.8 Å². The van der Waals surface area contributed by atoms with Gasteiger partial charge in [0.1, 0.15) is 22.5 Å². The van der Waals surface area contributed by atoms with E-state index in [1.54, 1.807) is 23.7 Å². The molecule has 162 valence electrons. The minimum Gasteiger partial charge on any atom is -0.454 e. The molecule has 7 nitrogen and oxygen atoms in total. The van der Waals surface area contributed by atoms with E-state index in [4.69, 9.17) is 16.0 Å². The summed E-state index contributed by atoms with van der Waals surface area (Å²) in [5, 5.41) is 17.9. The summed E-state index contributed by atoms with van der Waals surface area (Å²) in [6, 6.07) is 10.8. The predicted molar refractivity (Wildman–Crippen MR) is 125 cm³/mol. The van der Waals surface area contributed by atoms with Gasteiger partial charge in [0.2, 0.25) is 0 Å². The molecular weight excluding hydrogens is 426 g/mol. The molecule has 0 saturated heterocycles. The second-order valence-electron chi connectivity index (χ2n) is 7.92. The fourth-order valence-corrected chi connectivity index (χ4v) is 4.05. The smallest absolute Gasteiger partial charge is 0.196 e. The van der Waals surface area contributed by atoms with Crippen molar-refractivity contribution in [3.8, 4) is 17.5 Å². The molecule has 0 spiro atoms. The van der Waals surface area contributed by atoms with Crippen LogP contribution < -0.4 is 10.7 Å². The Balaban J connectivity index is 1.91. The Morgan fingerprint density at radius 1 is 1.22 bits per heavy atom. The first-order valence-corrected chi connectivity index (χ1v) is 10.5. The number of nitrogens with one attached hydrogen (secondary N) is 1. The summed E-state index contributed by atoms with van der Waals surface area (Å²) in [5.74, 6) is 0.494. The van der Waals surface area contributed by atoms with Crippen LogP contribution in [0.15, 0.2) is 39.5 Å². The summed E-state index contributed by atoms with van der Waals surface area (Å²) in [6.07, 6.45) is 0. The van der Waals surface area contributed by atoms with E-state index < -0.39 is 0 Å². The number of rotatable bonds is 4. The van der Waals surface area contributed by atoms with Gasteiger partial charge in [0.25, 0.3) is 0 Å². The highest BCUT2D eigenvalue weighted by atomic mass is 35.5. The highest BCUT2D eigenvalue weighted by molar-refractivity contribution is 6.29. The first-order valence-electron chi connectivity index (χ1n) is 10.1. The average Bonchev–Trinajstić information content (AvgIpc) is 3.09. The summed E-state index contributed by atoms with van der Waals surface area (Å²) in [4.78, 5) is 17.4. The van der Waals surface area contributed by atoms with E-state index in [2.05, 4.69) is 21.5 Å². The van der Waals surface area contributed by atoms with Crippen LogP contribution in [0.25, 0.3) is 22.4 Å². The zero-order valence-electron chi connectivity index (χ0n) is 18.4. The molecule has 8 heteroatoms. The van der Waals surface area contributed by atoms with Crippen LogP contribution in [0.4, 0.5) is 5.69 Å². The molecule has 1 atom stereocenters. The third kappa shape index (κ3) is 3.74. The van der Waals surface area contributed by atoms with E-state index in [9.17, 15) is 10.1 Å². The van der Waals surface area contributed by atoms with Crippen molar-refractivity contribution in [1.82, 2.24) is 14.8 Å². The fourth-order valence-electron chi connectivity index (χ4n) is 3.90. The van der Waals surface area contributed by atoms with Crippen molar-refractivity contribution in [2.24, 2.45) is 7.05 Å². The van der Waals surface area contributed by atoms with Crippen molar-refractivity contribution in [2.75, 3.05) is 5.32 Å². The van der Waals surface area contributed by atoms with Gasteiger partial charge in [-0.2, -0.15) is 10.4 Å². The van der Waals surface area contributed by atoms with Crippen molar-refractivity contribution in [1.29, 1.82) is 5.26 Å². The Hall–Kier alpha value is -3.63. The van der Waals surface area contributed by atoms with Crippen molar-refractivity contribution >= 4 is 28.3 Å². The Morgan fingerprint density at radius 3 is 2.62 bits per heavy atom. The predicted octanol–water partition coefficient (Wildman–Crippen LogP) is 5.21. The summed E-state index contributed by atoms with van der Waals surface area (Å²) < 4.78 is 8.08. The molecule has 3 aromatic heterocycles. The molecule has 0 unspecified atom stereocenters. The standard InChI is InChI=1S/C24H22ClN5O2/c1-12-8-16(15(4)27-18-6-7-21(25)28-19(18)11-26)24-17(9-12)22(31)14(3)23(32-24)20-10-13(2)29-30(20)5/h6-10,15,27H,1-5H3/t15-/m1/s1. The monoisotopic (exact) mass is 447 g/mol. The summed E-state index contributed by atoms with van der Waals surface area (Å²) >= 11 is 5.92. The molecular formula is C24H22ClN5O2. The van der Waals surface area contributed by atoms with Crippen LogP contribution in [-0.2, 0) is 7.05 Å². The van der Waals surface area contributed by atoms with E-state index in [-0.39, 0.29) is 22.3 Å². The Kier molecular flexibility index (Phi) is 5.49. The number of hydrogen-bond donors (Lipinski definition) is 1. The fraction of sp³-hybridized carbons (Fsp3) is 0.250. The molecule has 0 fully saturated rings. The number of nitriles is 1. The lowest BCUT2D eigenvalue weighted by Gasteiger charge is -2.19. The molecule has 1 N–H and O–H groups in total. The molecule has 4 rings (SSSR count). The number of benzene rings is 1. The number of halogens is 1. The van der Waals surface area contributed by atoms with E-state index >= 15 is 0 Å². The molecule has 3 heterocycles. The quantitative estimate of drug-likeness (QED) is 0.431. The second kappa shape index (κ2) is 8.13. The molecule has 0 aliphatic rings. The lowest BCUT2D eigenvalue weighted by atomic mass is 9.99. The Bertz CT molecular complexity index is 1460. The average molecular weight is 448 g/mol. The SMILES string of the molecule is Cc1cc([C@@H](C)Nc2ccc(Cl)nc2C#N)c2oc(-c3cc(C)nn3C)c(C)c(=O)c2c1. The van der Waals surface area contributed by atoms with Crippen molar-refractivity contribution in [3.63, 3.8) is 0 Å². The van der Waals surface area contributed by atoms with Crippen LogP contribution >= 0.6 is 11.6 Å². The molecule has 4 aromatic rings. The molecule has 0 aliphatic carbocycles. The third-order valence-electron chi connectivity index (χ3n) is 5.43. The molecule has 1 aromatic carbocycles. The molecule has 0 amide bonds. The molecule has 32 heavy (non-hydrogen) atoms. The minimum absolute atomic E-state index is 0.0804.